The lowest BCUT2D eigenvalue weighted by Crippen LogP contribution is -2.33. The fourth-order valence-corrected chi connectivity index (χ4v) is 2.23. The van der Waals surface area contributed by atoms with E-state index in [0.29, 0.717) is 19.4 Å². The van der Waals surface area contributed by atoms with E-state index in [9.17, 15) is 4.79 Å². The monoisotopic (exact) mass is 278 g/mol. The quantitative estimate of drug-likeness (QED) is 0.840. The molecule has 0 saturated heterocycles. The molecule has 0 radical (unpaired) electrons. The second kappa shape index (κ2) is 7.25. The van der Waals surface area contributed by atoms with E-state index in [1.807, 2.05) is 61.5 Å². The topological polar surface area (TPSA) is 44.1 Å². The average Bonchev–Trinajstić information content (AvgIpc) is 2.51. The van der Waals surface area contributed by atoms with Gasteiger partial charge in [-0.2, -0.15) is 5.26 Å². The lowest BCUT2D eigenvalue weighted by atomic mass is 10.0. The molecule has 3 nitrogen and oxygen atoms in total. The SMILES string of the molecule is Cc1ccccc1CC(=O)N(CCC#N)c1ccccc1. The van der Waals surface area contributed by atoms with Crippen molar-refractivity contribution in [1.29, 1.82) is 5.26 Å². The van der Waals surface area contributed by atoms with Gasteiger partial charge in [-0.3, -0.25) is 4.79 Å². The summed E-state index contributed by atoms with van der Waals surface area (Å²) >= 11 is 0. The predicted molar refractivity (Wildman–Crippen MR) is 83.9 cm³/mol. The summed E-state index contributed by atoms with van der Waals surface area (Å²) in [7, 11) is 0. The number of aryl methyl sites for hydroxylation is 1. The molecule has 0 N–H and O–H groups in total. The summed E-state index contributed by atoms with van der Waals surface area (Å²) < 4.78 is 0. The molecule has 0 atom stereocenters. The van der Waals surface area contributed by atoms with E-state index in [-0.39, 0.29) is 5.91 Å². The van der Waals surface area contributed by atoms with E-state index in [2.05, 4.69) is 6.07 Å². The van der Waals surface area contributed by atoms with Crippen LogP contribution in [0.5, 0.6) is 0 Å². The van der Waals surface area contributed by atoms with Gasteiger partial charge in [-0.1, -0.05) is 42.5 Å². The number of anilines is 1. The van der Waals surface area contributed by atoms with Crippen molar-refractivity contribution in [2.75, 3.05) is 11.4 Å². The Labute approximate surface area is 125 Å². The van der Waals surface area contributed by atoms with E-state index >= 15 is 0 Å². The molecule has 0 saturated carbocycles. The lowest BCUT2D eigenvalue weighted by Gasteiger charge is -2.22. The molecular weight excluding hydrogens is 260 g/mol. The smallest absolute Gasteiger partial charge is 0.231 e. The summed E-state index contributed by atoms with van der Waals surface area (Å²) in [5.74, 6) is 0.0192. The third-order valence-electron chi connectivity index (χ3n) is 3.42. The van der Waals surface area contributed by atoms with Gasteiger partial charge in [0, 0.05) is 12.2 Å². The molecule has 0 heterocycles. The summed E-state index contributed by atoms with van der Waals surface area (Å²) in [6.45, 7) is 2.43. The number of rotatable bonds is 5. The Hall–Kier alpha value is -2.60. The van der Waals surface area contributed by atoms with Crippen molar-refractivity contribution in [3.63, 3.8) is 0 Å². The highest BCUT2D eigenvalue weighted by Crippen LogP contribution is 2.17. The minimum absolute atomic E-state index is 0.0192. The zero-order chi connectivity index (χ0) is 15.1. The Kier molecular flexibility index (Phi) is 5.11. The van der Waals surface area contributed by atoms with Gasteiger partial charge in [0.25, 0.3) is 0 Å². The van der Waals surface area contributed by atoms with Crippen molar-refractivity contribution in [3.05, 3.63) is 65.7 Å². The number of para-hydroxylation sites is 1. The molecule has 2 aromatic rings. The van der Waals surface area contributed by atoms with Crippen molar-refractivity contribution in [2.24, 2.45) is 0 Å². The van der Waals surface area contributed by atoms with Crippen LogP contribution in [0, 0.1) is 18.3 Å². The van der Waals surface area contributed by atoms with Gasteiger partial charge < -0.3 is 4.90 Å². The number of hydrogen-bond donors (Lipinski definition) is 0. The van der Waals surface area contributed by atoms with Crippen LogP contribution in [-0.4, -0.2) is 12.5 Å². The summed E-state index contributed by atoms with van der Waals surface area (Å²) in [5, 5.41) is 8.79. The van der Waals surface area contributed by atoms with Crippen LogP contribution in [0.3, 0.4) is 0 Å². The van der Waals surface area contributed by atoms with Crippen molar-refractivity contribution >= 4 is 11.6 Å². The van der Waals surface area contributed by atoms with Gasteiger partial charge in [-0.15, -0.1) is 0 Å². The zero-order valence-corrected chi connectivity index (χ0v) is 12.1. The predicted octanol–water partition coefficient (Wildman–Crippen LogP) is 3.48. The maximum Gasteiger partial charge on any atom is 0.231 e. The van der Waals surface area contributed by atoms with Crippen molar-refractivity contribution in [2.45, 2.75) is 19.8 Å². The second-order valence-electron chi connectivity index (χ2n) is 4.89. The number of hydrogen-bond acceptors (Lipinski definition) is 2. The first-order valence-electron chi connectivity index (χ1n) is 6.99. The molecule has 21 heavy (non-hydrogen) atoms. The molecule has 0 aliphatic carbocycles. The highest BCUT2D eigenvalue weighted by molar-refractivity contribution is 5.94. The van der Waals surface area contributed by atoms with Crippen LogP contribution in [0.15, 0.2) is 54.6 Å². The minimum atomic E-state index is 0.0192. The molecule has 3 heteroatoms. The van der Waals surface area contributed by atoms with E-state index in [1.54, 1.807) is 4.90 Å². The number of carbonyl (C=O) groups excluding carboxylic acids is 1. The average molecular weight is 278 g/mol. The molecular formula is C18H18N2O. The minimum Gasteiger partial charge on any atom is -0.311 e. The summed E-state index contributed by atoms with van der Waals surface area (Å²) in [5.41, 5.74) is 2.98. The third-order valence-corrected chi connectivity index (χ3v) is 3.42. The summed E-state index contributed by atoms with van der Waals surface area (Å²) in [4.78, 5) is 14.3. The molecule has 2 rings (SSSR count). The molecule has 106 valence electrons. The van der Waals surface area contributed by atoms with Crippen molar-refractivity contribution in [1.82, 2.24) is 0 Å². The number of nitriles is 1. The number of benzene rings is 2. The van der Waals surface area contributed by atoms with Gasteiger partial charge >= 0.3 is 0 Å². The second-order valence-corrected chi connectivity index (χ2v) is 4.89. The maximum atomic E-state index is 12.6. The van der Waals surface area contributed by atoms with Gasteiger partial charge in [0.15, 0.2) is 0 Å². The van der Waals surface area contributed by atoms with Crippen LogP contribution >= 0.6 is 0 Å². The van der Waals surface area contributed by atoms with Crippen molar-refractivity contribution < 1.29 is 4.79 Å². The Balaban J connectivity index is 2.19. The molecule has 1 amide bonds. The largest absolute Gasteiger partial charge is 0.311 e. The third kappa shape index (κ3) is 3.93. The number of nitrogens with zero attached hydrogens (tertiary/aromatic N) is 2. The normalized spacial score (nSPS) is 9.90. The molecule has 0 aliphatic rings. The fraction of sp³-hybridized carbons (Fsp3) is 0.222. The van der Waals surface area contributed by atoms with Gasteiger partial charge in [-0.05, 0) is 30.2 Å². The van der Waals surface area contributed by atoms with Crippen LogP contribution < -0.4 is 4.90 Å². The zero-order valence-electron chi connectivity index (χ0n) is 12.1. The van der Waals surface area contributed by atoms with Crippen LogP contribution in [0.4, 0.5) is 5.69 Å². The Morgan fingerprint density at radius 2 is 1.76 bits per heavy atom. The van der Waals surface area contributed by atoms with Crippen LogP contribution in [0.1, 0.15) is 17.5 Å². The standard InChI is InChI=1S/C18H18N2O/c1-15-8-5-6-9-16(15)14-18(21)20(13-7-12-19)17-10-3-2-4-11-17/h2-6,8-11H,7,13-14H2,1H3. The Morgan fingerprint density at radius 1 is 1.10 bits per heavy atom. The fourth-order valence-electron chi connectivity index (χ4n) is 2.23. The van der Waals surface area contributed by atoms with E-state index in [1.165, 1.54) is 0 Å². The molecule has 2 aromatic carbocycles. The lowest BCUT2D eigenvalue weighted by molar-refractivity contribution is -0.118. The molecule has 0 spiro atoms. The van der Waals surface area contributed by atoms with E-state index in [0.717, 1.165) is 16.8 Å². The van der Waals surface area contributed by atoms with Gasteiger partial charge in [0.05, 0.1) is 18.9 Å². The molecule has 0 fully saturated rings. The van der Waals surface area contributed by atoms with Crippen molar-refractivity contribution in [3.8, 4) is 6.07 Å². The summed E-state index contributed by atoms with van der Waals surface area (Å²) in [6.07, 6.45) is 0.682. The van der Waals surface area contributed by atoms with E-state index in [4.69, 9.17) is 5.26 Å². The highest BCUT2D eigenvalue weighted by atomic mass is 16.2. The maximum absolute atomic E-state index is 12.6. The molecule has 0 bridgehead atoms. The van der Waals surface area contributed by atoms with Gasteiger partial charge in [0.2, 0.25) is 5.91 Å². The van der Waals surface area contributed by atoms with Crippen LogP contribution in [-0.2, 0) is 11.2 Å². The molecule has 0 aromatic heterocycles. The Morgan fingerprint density at radius 3 is 2.43 bits per heavy atom. The molecule has 0 unspecified atom stereocenters. The van der Waals surface area contributed by atoms with Gasteiger partial charge in [-0.25, -0.2) is 0 Å². The first-order chi connectivity index (χ1) is 10.2. The first-order valence-corrected chi connectivity index (χ1v) is 6.99. The number of carbonyl (C=O) groups is 1. The van der Waals surface area contributed by atoms with Gasteiger partial charge in [0.1, 0.15) is 0 Å². The first kappa shape index (κ1) is 14.8. The van der Waals surface area contributed by atoms with Crippen LogP contribution in [0.25, 0.3) is 0 Å². The Bertz CT molecular complexity index is 644. The molecule has 0 aliphatic heterocycles. The summed E-state index contributed by atoms with van der Waals surface area (Å²) in [6, 6.07) is 19.5. The number of amides is 1. The van der Waals surface area contributed by atoms with Crippen LogP contribution in [0.2, 0.25) is 0 Å². The highest BCUT2D eigenvalue weighted by Gasteiger charge is 2.16. The van der Waals surface area contributed by atoms with E-state index < -0.39 is 0 Å².